The summed E-state index contributed by atoms with van der Waals surface area (Å²) >= 11 is 23.0. The zero-order valence-corrected chi connectivity index (χ0v) is 15.4. The van der Waals surface area contributed by atoms with Crippen molar-refractivity contribution in [2.75, 3.05) is 5.32 Å². The summed E-state index contributed by atoms with van der Waals surface area (Å²) in [6.07, 6.45) is 0. The molecule has 0 heterocycles. The predicted molar refractivity (Wildman–Crippen MR) is 101 cm³/mol. The van der Waals surface area contributed by atoms with Crippen molar-refractivity contribution in [2.45, 2.75) is 13.8 Å². The van der Waals surface area contributed by atoms with Crippen LogP contribution in [-0.4, -0.2) is 11.0 Å². The highest BCUT2D eigenvalue weighted by Gasteiger charge is 2.11. The smallest absolute Gasteiger partial charge is 0.257 e. The van der Waals surface area contributed by atoms with Crippen molar-refractivity contribution in [3.8, 4) is 0 Å². The fourth-order valence-corrected chi connectivity index (χ4v) is 2.63. The number of carbonyl (C=O) groups is 1. The second kappa shape index (κ2) is 7.49. The highest BCUT2D eigenvalue weighted by Crippen LogP contribution is 2.32. The molecule has 0 radical (unpaired) electrons. The molecule has 1 amide bonds. The molecule has 0 atom stereocenters. The molecule has 2 N–H and O–H groups in total. The second-order valence-corrected chi connectivity index (χ2v) is 6.58. The van der Waals surface area contributed by atoms with E-state index in [0.29, 0.717) is 26.3 Å². The molecule has 120 valence electrons. The first-order valence-electron chi connectivity index (χ1n) is 6.62. The molecule has 0 fully saturated rings. The third-order valence-corrected chi connectivity index (χ3v) is 4.49. The van der Waals surface area contributed by atoms with Gasteiger partial charge in [0, 0.05) is 5.56 Å². The van der Waals surface area contributed by atoms with Crippen molar-refractivity contribution in [1.29, 1.82) is 0 Å². The van der Waals surface area contributed by atoms with Crippen molar-refractivity contribution in [3.63, 3.8) is 0 Å². The number of hydrogen-bond acceptors (Lipinski definition) is 2. The summed E-state index contributed by atoms with van der Waals surface area (Å²) in [6, 6.07) is 8.48. The maximum Gasteiger partial charge on any atom is 0.257 e. The van der Waals surface area contributed by atoms with E-state index in [4.69, 9.17) is 47.0 Å². The number of carbonyl (C=O) groups excluding carboxylic acids is 1. The van der Waals surface area contributed by atoms with E-state index >= 15 is 0 Å². The van der Waals surface area contributed by atoms with Crippen molar-refractivity contribution in [2.24, 2.45) is 0 Å². The lowest BCUT2D eigenvalue weighted by molar-refractivity contribution is 0.0977. The quantitative estimate of drug-likeness (QED) is 0.536. The molecule has 0 spiro atoms. The monoisotopic (exact) mass is 386 g/mol. The molecule has 2 aromatic rings. The number of anilines is 1. The molecule has 0 saturated carbocycles. The second-order valence-electron chi connectivity index (χ2n) is 4.95. The van der Waals surface area contributed by atoms with E-state index in [1.54, 1.807) is 18.2 Å². The van der Waals surface area contributed by atoms with Gasteiger partial charge in [0.25, 0.3) is 5.91 Å². The molecule has 3 nitrogen and oxygen atoms in total. The summed E-state index contributed by atoms with van der Waals surface area (Å²) in [5.74, 6) is -0.304. The summed E-state index contributed by atoms with van der Waals surface area (Å²) in [7, 11) is 0. The van der Waals surface area contributed by atoms with Crippen molar-refractivity contribution in [1.82, 2.24) is 5.32 Å². The molecule has 2 aromatic carbocycles. The average molecular weight is 388 g/mol. The van der Waals surface area contributed by atoms with Crippen LogP contribution >= 0.6 is 47.0 Å². The Kier molecular flexibility index (Phi) is 5.87. The molecule has 0 aliphatic rings. The van der Waals surface area contributed by atoms with E-state index in [-0.39, 0.29) is 11.0 Å². The first-order chi connectivity index (χ1) is 10.8. The summed E-state index contributed by atoms with van der Waals surface area (Å²) in [5.41, 5.74) is 3.14. The van der Waals surface area contributed by atoms with E-state index in [0.717, 1.165) is 11.1 Å². The maximum absolute atomic E-state index is 12.2. The SMILES string of the molecule is Cc1ccc(C(=O)NC(=S)Nc2cc(Cl)c(Cl)cc2Cl)cc1C. The van der Waals surface area contributed by atoms with E-state index < -0.39 is 0 Å². The molecule has 0 bridgehead atoms. The van der Waals surface area contributed by atoms with Gasteiger partial charge in [0.05, 0.1) is 20.8 Å². The lowest BCUT2D eigenvalue weighted by Gasteiger charge is -2.12. The van der Waals surface area contributed by atoms with Crippen LogP contribution in [0.15, 0.2) is 30.3 Å². The Labute approximate surface area is 154 Å². The van der Waals surface area contributed by atoms with Crippen LogP contribution in [0.5, 0.6) is 0 Å². The van der Waals surface area contributed by atoms with Gasteiger partial charge in [-0.25, -0.2) is 0 Å². The van der Waals surface area contributed by atoms with E-state index in [1.165, 1.54) is 6.07 Å². The third kappa shape index (κ3) is 4.58. The predicted octanol–water partition coefficient (Wildman–Crippen LogP) is 5.39. The van der Waals surface area contributed by atoms with E-state index in [9.17, 15) is 4.79 Å². The lowest BCUT2D eigenvalue weighted by Crippen LogP contribution is -2.34. The Morgan fingerprint density at radius 3 is 2.26 bits per heavy atom. The van der Waals surface area contributed by atoms with Crippen LogP contribution in [0.1, 0.15) is 21.5 Å². The Hall–Kier alpha value is -1.33. The minimum absolute atomic E-state index is 0.119. The summed E-state index contributed by atoms with van der Waals surface area (Å²) < 4.78 is 0. The van der Waals surface area contributed by atoms with Gasteiger partial charge < -0.3 is 5.32 Å². The zero-order valence-electron chi connectivity index (χ0n) is 12.3. The number of amides is 1. The van der Waals surface area contributed by atoms with Crippen molar-refractivity contribution in [3.05, 3.63) is 62.1 Å². The number of rotatable bonds is 2. The number of aryl methyl sites for hydroxylation is 2. The minimum atomic E-state index is -0.304. The third-order valence-electron chi connectivity index (χ3n) is 3.25. The van der Waals surface area contributed by atoms with Gasteiger partial charge >= 0.3 is 0 Å². The Bertz CT molecular complexity index is 793. The largest absolute Gasteiger partial charge is 0.331 e. The highest BCUT2D eigenvalue weighted by molar-refractivity contribution is 7.80. The van der Waals surface area contributed by atoms with Gasteiger partial charge in [-0.1, -0.05) is 40.9 Å². The molecule has 0 unspecified atom stereocenters. The molecular formula is C16H13Cl3N2OS. The first-order valence-corrected chi connectivity index (χ1v) is 8.16. The molecule has 0 saturated heterocycles. The molecule has 0 aromatic heterocycles. The van der Waals surface area contributed by atoms with Crippen LogP contribution in [0.3, 0.4) is 0 Å². The van der Waals surface area contributed by atoms with Crippen molar-refractivity contribution >= 4 is 63.7 Å². The molecule has 7 heteroatoms. The molecule has 2 rings (SSSR count). The molecule has 0 aliphatic heterocycles. The highest BCUT2D eigenvalue weighted by atomic mass is 35.5. The molecule has 0 aliphatic carbocycles. The fraction of sp³-hybridized carbons (Fsp3) is 0.125. The van der Waals surface area contributed by atoms with E-state index in [1.807, 2.05) is 19.9 Å². The van der Waals surface area contributed by atoms with Crippen molar-refractivity contribution < 1.29 is 4.79 Å². The lowest BCUT2D eigenvalue weighted by atomic mass is 10.1. The van der Waals surface area contributed by atoms with Crippen LogP contribution in [0.2, 0.25) is 15.1 Å². The van der Waals surface area contributed by atoms with Crippen LogP contribution < -0.4 is 10.6 Å². The maximum atomic E-state index is 12.2. The Morgan fingerprint density at radius 1 is 0.957 bits per heavy atom. The fourth-order valence-electron chi connectivity index (χ4n) is 1.83. The Morgan fingerprint density at radius 2 is 1.61 bits per heavy atom. The van der Waals surface area contributed by atoms with Gasteiger partial charge in [-0.2, -0.15) is 0 Å². The van der Waals surface area contributed by atoms with Crippen LogP contribution in [0, 0.1) is 13.8 Å². The summed E-state index contributed by atoms with van der Waals surface area (Å²) in [4.78, 5) is 12.2. The first kappa shape index (κ1) is 18.0. The number of thiocarbonyl (C=S) groups is 1. The van der Waals surface area contributed by atoms with Gasteiger partial charge in [-0.15, -0.1) is 0 Å². The number of halogens is 3. The van der Waals surface area contributed by atoms with Crippen LogP contribution in [0.4, 0.5) is 5.69 Å². The van der Waals surface area contributed by atoms with E-state index in [2.05, 4.69) is 10.6 Å². The average Bonchev–Trinajstić information content (AvgIpc) is 2.47. The molecular weight excluding hydrogens is 375 g/mol. The minimum Gasteiger partial charge on any atom is -0.331 e. The van der Waals surface area contributed by atoms with Crippen LogP contribution in [0.25, 0.3) is 0 Å². The number of nitrogens with one attached hydrogen (secondary N) is 2. The topological polar surface area (TPSA) is 41.1 Å². The Balaban J connectivity index is 2.09. The number of hydrogen-bond donors (Lipinski definition) is 2. The van der Waals surface area contributed by atoms with Gasteiger partial charge in [-0.05, 0) is 61.5 Å². The molecule has 23 heavy (non-hydrogen) atoms. The normalized spacial score (nSPS) is 10.3. The van der Waals surface area contributed by atoms with Gasteiger partial charge in [0.15, 0.2) is 5.11 Å². The summed E-state index contributed by atoms with van der Waals surface area (Å²) in [6.45, 7) is 3.92. The van der Waals surface area contributed by atoms with Gasteiger partial charge in [-0.3, -0.25) is 10.1 Å². The zero-order chi connectivity index (χ0) is 17.1. The number of benzene rings is 2. The summed E-state index contributed by atoms with van der Waals surface area (Å²) in [5, 5.41) is 6.57. The van der Waals surface area contributed by atoms with Gasteiger partial charge in [0.2, 0.25) is 0 Å². The standard InChI is InChI=1S/C16H13Cl3N2OS/c1-8-3-4-10(5-9(8)2)15(22)21-16(23)20-14-7-12(18)11(17)6-13(14)19/h3-7H,1-2H3,(H2,20,21,22,23). The van der Waals surface area contributed by atoms with Crippen LogP contribution in [-0.2, 0) is 0 Å². The van der Waals surface area contributed by atoms with Gasteiger partial charge in [0.1, 0.15) is 0 Å².